The highest BCUT2D eigenvalue weighted by Crippen LogP contribution is 2.29. The molecule has 10 nitrogen and oxygen atoms in total. The number of fused-ring (bicyclic) bond motifs is 1. The molecule has 10 heteroatoms. The van der Waals surface area contributed by atoms with Crippen LogP contribution >= 0.6 is 0 Å². The number of aliphatic carboxylic acids is 2. The van der Waals surface area contributed by atoms with Crippen molar-refractivity contribution in [1.82, 2.24) is 10.5 Å². The Balaban J connectivity index is 1.55. The monoisotopic (exact) mass is 439 g/mol. The Morgan fingerprint density at radius 2 is 1.81 bits per heavy atom. The third-order valence-electron chi connectivity index (χ3n) is 5.06. The van der Waals surface area contributed by atoms with Crippen molar-refractivity contribution in [2.24, 2.45) is 16.6 Å². The largest absolute Gasteiger partial charge is 0.480 e. The first-order valence-corrected chi connectivity index (χ1v) is 9.85. The smallest absolute Gasteiger partial charge is 0.331 e. The number of nitrogens with one attached hydrogen (secondary N) is 1. The van der Waals surface area contributed by atoms with Gasteiger partial charge in [0.15, 0.2) is 0 Å². The Kier molecular flexibility index (Phi) is 7.21. The summed E-state index contributed by atoms with van der Waals surface area (Å²) in [5, 5.41) is 19.4. The van der Waals surface area contributed by atoms with Gasteiger partial charge in [-0.15, -0.1) is 5.48 Å². The van der Waals surface area contributed by atoms with E-state index in [1.807, 2.05) is 30.3 Å². The van der Waals surface area contributed by atoms with E-state index in [1.165, 1.54) is 11.3 Å². The van der Waals surface area contributed by atoms with Crippen LogP contribution in [0, 0.1) is 0 Å². The number of hydrogen-bond acceptors (Lipinski definition) is 8. The van der Waals surface area contributed by atoms with Gasteiger partial charge in [0.05, 0.1) is 5.69 Å². The van der Waals surface area contributed by atoms with E-state index in [2.05, 4.69) is 17.1 Å². The summed E-state index contributed by atoms with van der Waals surface area (Å²) >= 11 is 0. The van der Waals surface area contributed by atoms with Crippen LogP contribution in [0.4, 0.5) is 5.69 Å². The topological polar surface area (TPSA) is 164 Å². The molecule has 0 saturated carbocycles. The van der Waals surface area contributed by atoms with Crippen LogP contribution in [-0.2, 0) is 22.4 Å². The van der Waals surface area contributed by atoms with Gasteiger partial charge in [0.25, 0.3) is 0 Å². The first-order valence-electron chi connectivity index (χ1n) is 9.85. The maximum absolute atomic E-state index is 11.3. The second-order valence-corrected chi connectivity index (χ2v) is 7.40. The number of nitrogens with zero attached hydrogens (tertiary/aromatic N) is 2. The number of hydroxylamine groups is 1. The number of rotatable bonds is 10. The number of aryl methyl sites for hydroxylation is 2. The molecule has 2 atom stereocenters. The van der Waals surface area contributed by atoms with Crippen LogP contribution in [0.25, 0.3) is 0 Å². The summed E-state index contributed by atoms with van der Waals surface area (Å²) in [6, 6.07) is 11.9. The molecule has 0 amide bonds. The number of carbonyl (C=O) groups is 2. The highest BCUT2D eigenvalue weighted by molar-refractivity contribution is 5.87. The molecule has 2 aromatic rings. The molecule has 2 aromatic carbocycles. The van der Waals surface area contributed by atoms with Gasteiger partial charge in [0.2, 0.25) is 0 Å². The van der Waals surface area contributed by atoms with E-state index in [0.29, 0.717) is 5.75 Å². The summed E-state index contributed by atoms with van der Waals surface area (Å²) in [4.78, 5) is 31.7. The summed E-state index contributed by atoms with van der Waals surface area (Å²) in [7, 11) is 0. The number of hydrazine groups is 1. The zero-order chi connectivity index (χ0) is 23.3. The van der Waals surface area contributed by atoms with E-state index in [4.69, 9.17) is 21.5 Å². The third kappa shape index (κ3) is 5.70. The summed E-state index contributed by atoms with van der Waals surface area (Å²) in [5.41, 5.74) is 12.1. The summed E-state index contributed by atoms with van der Waals surface area (Å²) in [5.74, 6) is 3.71. The zero-order valence-corrected chi connectivity index (χ0v) is 17.3. The lowest BCUT2D eigenvalue weighted by Crippen LogP contribution is -2.40. The van der Waals surface area contributed by atoms with Crippen molar-refractivity contribution >= 4 is 24.0 Å². The van der Waals surface area contributed by atoms with Crippen LogP contribution in [-0.4, -0.2) is 39.5 Å². The molecule has 1 aliphatic heterocycles. The molecule has 0 aliphatic carbocycles. The first-order chi connectivity index (χ1) is 15.2. The molecular weight excluding hydrogens is 414 g/mol. The molecule has 168 valence electrons. The van der Waals surface area contributed by atoms with Gasteiger partial charge in [-0.2, -0.15) is 0 Å². The Morgan fingerprint density at radius 3 is 2.47 bits per heavy atom. The normalized spacial score (nSPS) is 15.7. The molecule has 1 unspecified atom stereocenters. The quantitative estimate of drug-likeness (QED) is 0.210. The highest BCUT2D eigenvalue weighted by Gasteiger charge is 2.22. The van der Waals surface area contributed by atoms with Gasteiger partial charge >= 0.3 is 11.9 Å². The average Bonchev–Trinajstić information content (AvgIpc) is 2.78. The molecule has 0 spiro atoms. The van der Waals surface area contributed by atoms with E-state index < -0.39 is 24.1 Å². The second kappa shape index (κ2) is 10.1. The van der Waals surface area contributed by atoms with Gasteiger partial charge in [0.1, 0.15) is 24.3 Å². The van der Waals surface area contributed by atoms with Gasteiger partial charge in [-0.25, -0.2) is 15.6 Å². The third-order valence-corrected chi connectivity index (χ3v) is 5.06. The molecule has 0 saturated heterocycles. The molecule has 0 radical (unpaired) electrons. The minimum Gasteiger partial charge on any atom is -0.480 e. The van der Waals surface area contributed by atoms with Crippen molar-refractivity contribution in [2.75, 3.05) is 0 Å². The molecule has 1 aliphatic rings. The minimum atomic E-state index is -1.25. The molecule has 0 bridgehead atoms. The predicted octanol–water partition coefficient (Wildman–Crippen LogP) is 1.65. The van der Waals surface area contributed by atoms with Crippen LogP contribution < -0.4 is 21.9 Å². The lowest BCUT2D eigenvalue weighted by atomic mass is 10.00. The van der Waals surface area contributed by atoms with Gasteiger partial charge in [-0.1, -0.05) is 30.8 Å². The molecule has 3 rings (SSSR count). The molecular formula is C22H25N5O5. The number of hydrogen-bond donors (Lipinski definition) is 5. The van der Waals surface area contributed by atoms with Crippen LogP contribution in [0.15, 0.2) is 59.6 Å². The lowest BCUT2D eigenvalue weighted by molar-refractivity contribution is -0.141. The van der Waals surface area contributed by atoms with Crippen LogP contribution in [0.2, 0.25) is 0 Å². The van der Waals surface area contributed by atoms with E-state index in [1.54, 1.807) is 12.1 Å². The van der Waals surface area contributed by atoms with Gasteiger partial charge in [0, 0.05) is 17.6 Å². The van der Waals surface area contributed by atoms with Crippen molar-refractivity contribution in [3.63, 3.8) is 0 Å². The van der Waals surface area contributed by atoms with Crippen LogP contribution in [0.1, 0.15) is 29.3 Å². The van der Waals surface area contributed by atoms with Crippen molar-refractivity contribution < 1.29 is 24.6 Å². The fourth-order valence-electron chi connectivity index (χ4n) is 3.14. The van der Waals surface area contributed by atoms with Gasteiger partial charge < -0.3 is 20.8 Å². The Labute approximate surface area is 184 Å². The van der Waals surface area contributed by atoms with E-state index in [-0.39, 0.29) is 12.0 Å². The van der Waals surface area contributed by atoms with Gasteiger partial charge in [-0.3, -0.25) is 9.80 Å². The maximum Gasteiger partial charge on any atom is 0.331 e. The number of aliphatic imine (C=N–C) groups is 1. The van der Waals surface area contributed by atoms with E-state index in [9.17, 15) is 14.7 Å². The summed E-state index contributed by atoms with van der Waals surface area (Å²) < 4.78 is 0. The van der Waals surface area contributed by atoms with Crippen molar-refractivity contribution in [2.45, 2.75) is 31.5 Å². The Morgan fingerprint density at radius 1 is 1.16 bits per heavy atom. The highest BCUT2D eigenvalue weighted by atomic mass is 16.6. The molecule has 0 fully saturated rings. The SMILES string of the molecule is C=C(C[C@H](NOc1ccc(CCc2ccc3c(c2)C(N)N(N)C=N3)cc1)C(=O)O)C(=O)O. The van der Waals surface area contributed by atoms with E-state index >= 15 is 0 Å². The Hall–Kier alpha value is -3.73. The van der Waals surface area contributed by atoms with Crippen LogP contribution in [0.5, 0.6) is 5.75 Å². The summed E-state index contributed by atoms with van der Waals surface area (Å²) in [6.07, 6.45) is 2.33. The fraction of sp³-hybridized carbons (Fsp3) is 0.227. The van der Waals surface area contributed by atoms with Crippen molar-refractivity contribution in [1.29, 1.82) is 0 Å². The second-order valence-electron chi connectivity index (χ2n) is 7.40. The standard InChI is InChI=1S/C22H25N5O5/c1-13(21(28)29)10-19(22(30)31)26-32-16-7-4-14(5-8-16)2-3-15-6-9-18-17(11-15)20(23)27(24)12-25-18/h4-9,11-12,19-20,26H,1-3,10,23-24H2,(H,28,29)(H,30,31)/t19-,20?/m0/s1. The number of carboxylic acids is 2. The van der Waals surface area contributed by atoms with Crippen molar-refractivity contribution in [3.05, 3.63) is 71.3 Å². The maximum atomic E-state index is 11.3. The minimum absolute atomic E-state index is 0.224. The fourth-order valence-corrected chi connectivity index (χ4v) is 3.14. The molecule has 7 N–H and O–H groups in total. The Bertz CT molecular complexity index is 1040. The molecule has 32 heavy (non-hydrogen) atoms. The predicted molar refractivity (Wildman–Crippen MR) is 118 cm³/mol. The van der Waals surface area contributed by atoms with E-state index in [0.717, 1.165) is 35.2 Å². The summed E-state index contributed by atoms with van der Waals surface area (Å²) in [6.45, 7) is 3.34. The number of carboxylic acid groups (broad SMARTS) is 2. The average molecular weight is 439 g/mol. The number of nitrogens with two attached hydrogens (primary N) is 2. The molecule has 0 aromatic heterocycles. The van der Waals surface area contributed by atoms with Crippen LogP contribution in [0.3, 0.4) is 0 Å². The number of benzene rings is 2. The zero-order valence-electron chi connectivity index (χ0n) is 17.3. The lowest BCUT2D eigenvalue weighted by Gasteiger charge is -2.27. The molecule has 1 heterocycles. The first kappa shape index (κ1) is 22.9. The van der Waals surface area contributed by atoms with Gasteiger partial charge in [-0.05, 0) is 42.2 Å². The van der Waals surface area contributed by atoms with Crippen molar-refractivity contribution in [3.8, 4) is 5.75 Å².